The van der Waals surface area contributed by atoms with Gasteiger partial charge in [-0.1, -0.05) is 6.92 Å². The number of carbonyl (C=O) groups is 1. The molecule has 0 radical (unpaired) electrons. The topological polar surface area (TPSA) is 75.1 Å². The van der Waals surface area contributed by atoms with E-state index in [1.165, 1.54) is 0 Å². The largest absolute Gasteiger partial charge is 0.481 e. The third-order valence-corrected chi connectivity index (χ3v) is 1.97. The van der Waals surface area contributed by atoms with Crippen molar-refractivity contribution in [2.75, 3.05) is 5.32 Å². The van der Waals surface area contributed by atoms with Crippen LogP contribution in [0, 0.1) is 0 Å². The second-order valence-corrected chi connectivity index (χ2v) is 3.41. The number of hydrogen-bond acceptors (Lipinski definition) is 4. The molecule has 0 saturated carbocycles. The number of aromatic nitrogens is 2. The molecule has 1 unspecified atom stereocenters. The highest BCUT2D eigenvalue weighted by Crippen LogP contribution is 2.04. The number of hydrogen-bond donors (Lipinski definition) is 2. The Hall–Kier alpha value is -1.65. The number of carboxylic acids is 1. The Morgan fingerprint density at radius 3 is 2.60 bits per heavy atom. The Kier molecular flexibility index (Phi) is 4.03. The second-order valence-electron chi connectivity index (χ2n) is 3.41. The van der Waals surface area contributed by atoms with Crippen LogP contribution in [0.5, 0.6) is 0 Å². The number of anilines is 1. The molecule has 15 heavy (non-hydrogen) atoms. The summed E-state index contributed by atoms with van der Waals surface area (Å²) in [6.45, 7) is 3.81. The molecule has 82 valence electrons. The highest BCUT2D eigenvalue weighted by atomic mass is 16.4. The average Bonchev–Trinajstić information content (AvgIpc) is 2.17. The predicted molar refractivity (Wildman–Crippen MR) is 56.7 cm³/mol. The Balaban J connectivity index is 2.53. The van der Waals surface area contributed by atoms with E-state index in [-0.39, 0.29) is 12.5 Å². The molecule has 5 nitrogen and oxygen atoms in total. The Bertz CT molecular complexity index is 324. The summed E-state index contributed by atoms with van der Waals surface area (Å²) in [6.07, 6.45) is 4.43. The van der Waals surface area contributed by atoms with Crippen molar-refractivity contribution in [3.05, 3.63) is 18.0 Å². The molecule has 1 aromatic rings. The smallest absolute Gasteiger partial charge is 0.305 e. The van der Waals surface area contributed by atoms with Crippen LogP contribution < -0.4 is 5.32 Å². The molecule has 1 aromatic heterocycles. The molecule has 0 spiro atoms. The van der Waals surface area contributed by atoms with Crippen molar-refractivity contribution in [3.8, 4) is 0 Å². The molecule has 0 aliphatic carbocycles. The fourth-order valence-electron chi connectivity index (χ4n) is 1.15. The van der Waals surface area contributed by atoms with E-state index in [2.05, 4.69) is 15.3 Å². The zero-order valence-electron chi connectivity index (χ0n) is 8.90. The summed E-state index contributed by atoms with van der Waals surface area (Å²) in [5, 5.41) is 11.5. The lowest BCUT2D eigenvalue weighted by atomic mass is 10.2. The molecule has 0 aliphatic rings. The van der Waals surface area contributed by atoms with Crippen LogP contribution in [0.15, 0.2) is 12.4 Å². The van der Waals surface area contributed by atoms with Crippen LogP contribution in [-0.2, 0) is 11.2 Å². The molecule has 2 N–H and O–H groups in total. The van der Waals surface area contributed by atoms with Crippen molar-refractivity contribution in [1.29, 1.82) is 0 Å². The van der Waals surface area contributed by atoms with Crippen LogP contribution in [0.1, 0.15) is 25.8 Å². The monoisotopic (exact) mass is 209 g/mol. The van der Waals surface area contributed by atoms with Gasteiger partial charge in [0.1, 0.15) is 0 Å². The minimum atomic E-state index is -0.833. The summed E-state index contributed by atoms with van der Waals surface area (Å²) in [6, 6.07) is -0.171. The molecule has 0 aromatic carbocycles. The van der Waals surface area contributed by atoms with E-state index in [4.69, 9.17) is 5.11 Å². The van der Waals surface area contributed by atoms with Crippen LogP contribution in [0.4, 0.5) is 5.95 Å². The van der Waals surface area contributed by atoms with Crippen molar-refractivity contribution in [1.82, 2.24) is 9.97 Å². The summed E-state index contributed by atoms with van der Waals surface area (Å²) in [7, 11) is 0. The van der Waals surface area contributed by atoms with Gasteiger partial charge >= 0.3 is 5.97 Å². The molecule has 0 aliphatic heterocycles. The summed E-state index contributed by atoms with van der Waals surface area (Å²) in [5.41, 5.74) is 1.06. The van der Waals surface area contributed by atoms with Gasteiger partial charge in [0.25, 0.3) is 0 Å². The van der Waals surface area contributed by atoms with Gasteiger partial charge in [0.05, 0.1) is 6.42 Å². The average molecular weight is 209 g/mol. The number of aliphatic carboxylic acids is 1. The van der Waals surface area contributed by atoms with Gasteiger partial charge in [-0.2, -0.15) is 0 Å². The van der Waals surface area contributed by atoms with Crippen molar-refractivity contribution in [2.24, 2.45) is 0 Å². The van der Waals surface area contributed by atoms with Gasteiger partial charge < -0.3 is 10.4 Å². The number of nitrogens with one attached hydrogen (secondary N) is 1. The Morgan fingerprint density at radius 2 is 2.13 bits per heavy atom. The Labute approximate surface area is 88.6 Å². The molecule has 0 amide bonds. The second kappa shape index (κ2) is 5.29. The van der Waals surface area contributed by atoms with Gasteiger partial charge in [-0.3, -0.25) is 4.79 Å². The number of aryl methyl sites for hydroxylation is 1. The zero-order chi connectivity index (χ0) is 11.3. The van der Waals surface area contributed by atoms with Crippen molar-refractivity contribution >= 4 is 11.9 Å². The first-order chi connectivity index (χ1) is 7.11. The highest BCUT2D eigenvalue weighted by Gasteiger charge is 2.08. The molecule has 0 bridgehead atoms. The van der Waals surface area contributed by atoms with Crippen molar-refractivity contribution in [2.45, 2.75) is 32.7 Å². The summed E-state index contributed by atoms with van der Waals surface area (Å²) in [5.74, 6) is -0.360. The van der Waals surface area contributed by atoms with Crippen LogP contribution >= 0.6 is 0 Å². The van der Waals surface area contributed by atoms with Gasteiger partial charge in [0.2, 0.25) is 5.95 Å². The van der Waals surface area contributed by atoms with E-state index in [1.807, 2.05) is 6.92 Å². The SMILES string of the molecule is CCc1cnc(NC(C)CC(=O)O)nc1. The molecular weight excluding hydrogens is 194 g/mol. The third-order valence-electron chi connectivity index (χ3n) is 1.97. The quantitative estimate of drug-likeness (QED) is 0.764. The van der Waals surface area contributed by atoms with E-state index in [0.29, 0.717) is 5.95 Å². The number of nitrogens with zero attached hydrogens (tertiary/aromatic N) is 2. The number of rotatable bonds is 5. The first kappa shape index (κ1) is 11.4. The normalized spacial score (nSPS) is 12.1. The minimum absolute atomic E-state index is 0.0545. The minimum Gasteiger partial charge on any atom is -0.481 e. The summed E-state index contributed by atoms with van der Waals surface area (Å²) in [4.78, 5) is 18.6. The van der Waals surface area contributed by atoms with Crippen molar-refractivity contribution in [3.63, 3.8) is 0 Å². The lowest BCUT2D eigenvalue weighted by Gasteiger charge is -2.10. The van der Waals surface area contributed by atoms with Crippen LogP contribution in [-0.4, -0.2) is 27.1 Å². The zero-order valence-corrected chi connectivity index (χ0v) is 8.90. The van der Waals surface area contributed by atoms with Crippen molar-refractivity contribution < 1.29 is 9.90 Å². The molecule has 1 atom stereocenters. The fraction of sp³-hybridized carbons (Fsp3) is 0.500. The highest BCUT2D eigenvalue weighted by molar-refractivity contribution is 5.67. The van der Waals surface area contributed by atoms with E-state index >= 15 is 0 Å². The third kappa shape index (κ3) is 3.93. The van der Waals surface area contributed by atoms with E-state index in [9.17, 15) is 4.79 Å². The maximum absolute atomic E-state index is 10.4. The molecule has 0 saturated heterocycles. The van der Waals surface area contributed by atoms with Crippen LogP contribution in [0.2, 0.25) is 0 Å². The molecule has 5 heteroatoms. The van der Waals surface area contributed by atoms with Gasteiger partial charge in [0, 0.05) is 18.4 Å². The fourth-order valence-corrected chi connectivity index (χ4v) is 1.15. The number of carboxylic acid groups (broad SMARTS) is 1. The first-order valence-electron chi connectivity index (χ1n) is 4.91. The van der Waals surface area contributed by atoms with Gasteiger partial charge in [-0.05, 0) is 18.9 Å². The summed E-state index contributed by atoms with van der Waals surface area (Å²) >= 11 is 0. The lowest BCUT2D eigenvalue weighted by molar-refractivity contribution is -0.137. The lowest BCUT2D eigenvalue weighted by Crippen LogP contribution is -2.20. The maximum Gasteiger partial charge on any atom is 0.305 e. The van der Waals surface area contributed by atoms with E-state index in [0.717, 1.165) is 12.0 Å². The maximum atomic E-state index is 10.4. The molecule has 1 heterocycles. The van der Waals surface area contributed by atoms with E-state index in [1.54, 1.807) is 19.3 Å². The van der Waals surface area contributed by atoms with Gasteiger partial charge in [0.15, 0.2) is 0 Å². The Morgan fingerprint density at radius 1 is 1.53 bits per heavy atom. The van der Waals surface area contributed by atoms with Gasteiger partial charge in [-0.25, -0.2) is 9.97 Å². The predicted octanol–water partition coefficient (Wildman–Crippen LogP) is 1.31. The first-order valence-corrected chi connectivity index (χ1v) is 4.91. The van der Waals surface area contributed by atoms with Crippen LogP contribution in [0.25, 0.3) is 0 Å². The molecular formula is C10H15N3O2. The molecule has 1 rings (SSSR count). The summed E-state index contributed by atoms with van der Waals surface area (Å²) < 4.78 is 0. The standard InChI is InChI=1S/C10H15N3O2/c1-3-8-5-11-10(12-6-8)13-7(2)4-9(14)15/h5-7H,3-4H2,1-2H3,(H,14,15)(H,11,12,13). The van der Waals surface area contributed by atoms with Crippen LogP contribution in [0.3, 0.4) is 0 Å². The molecule has 0 fully saturated rings. The van der Waals surface area contributed by atoms with E-state index < -0.39 is 5.97 Å². The van der Waals surface area contributed by atoms with Gasteiger partial charge in [-0.15, -0.1) is 0 Å².